The van der Waals surface area contributed by atoms with Gasteiger partial charge in [-0.3, -0.25) is 0 Å². The third-order valence-corrected chi connectivity index (χ3v) is 4.73. The third kappa shape index (κ3) is 3.59. The van der Waals surface area contributed by atoms with Crippen LogP contribution in [-0.4, -0.2) is 16.5 Å². The first-order chi connectivity index (χ1) is 9.51. The lowest BCUT2D eigenvalue weighted by atomic mass is 10.1. The Kier molecular flexibility index (Phi) is 5.18. The lowest BCUT2D eigenvalue weighted by Crippen LogP contribution is -2.04. The van der Waals surface area contributed by atoms with Gasteiger partial charge in [0.1, 0.15) is 0 Å². The number of halogens is 1. The van der Waals surface area contributed by atoms with E-state index in [1.54, 1.807) is 11.8 Å². The second-order valence-corrected chi connectivity index (χ2v) is 6.62. The second-order valence-electron chi connectivity index (χ2n) is 4.69. The van der Waals surface area contributed by atoms with Crippen LogP contribution >= 0.6 is 27.7 Å². The predicted molar refractivity (Wildman–Crippen MR) is 87.3 cm³/mol. The Morgan fingerprint density at radius 3 is 2.40 bits per heavy atom. The maximum Gasteiger partial charge on any atom is 0.192 e. The molecule has 2 aromatic rings. The average Bonchev–Trinajstić information content (AvgIpc) is 2.39. The number of nitrogens with zero attached hydrogens (tertiary/aromatic N) is 2. The summed E-state index contributed by atoms with van der Waals surface area (Å²) in [6, 6.07) is 6.24. The average molecular weight is 352 g/mol. The molecule has 20 heavy (non-hydrogen) atoms. The van der Waals surface area contributed by atoms with Crippen molar-refractivity contribution in [3.05, 3.63) is 45.2 Å². The summed E-state index contributed by atoms with van der Waals surface area (Å²) in [4.78, 5) is 10.3. The summed E-state index contributed by atoms with van der Waals surface area (Å²) < 4.78 is 1.07. The van der Waals surface area contributed by atoms with E-state index in [9.17, 15) is 0 Å². The van der Waals surface area contributed by atoms with E-state index in [2.05, 4.69) is 45.0 Å². The van der Waals surface area contributed by atoms with Gasteiger partial charge in [-0.1, -0.05) is 15.9 Å². The fourth-order valence-corrected chi connectivity index (χ4v) is 3.28. The van der Waals surface area contributed by atoms with E-state index in [1.165, 1.54) is 10.5 Å². The van der Waals surface area contributed by atoms with Gasteiger partial charge in [0.05, 0.1) is 0 Å². The molecule has 0 aliphatic heterocycles. The minimum Gasteiger partial charge on any atom is -0.330 e. The Balaban J connectivity index is 2.34. The highest BCUT2D eigenvalue weighted by molar-refractivity contribution is 9.10. The number of nitrogens with two attached hydrogens (primary N) is 1. The summed E-state index contributed by atoms with van der Waals surface area (Å²) in [7, 11) is 0. The molecule has 0 saturated carbocycles. The maximum absolute atomic E-state index is 5.69. The van der Waals surface area contributed by atoms with Crippen molar-refractivity contribution in [1.29, 1.82) is 0 Å². The van der Waals surface area contributed by atoms with Crippen molar-refractivity contribution >= 4 is 27.7 Å². The largest absolute Gasteiger partial charge is 0.330 e. The molecule has 0 bridgehead atoms. The molecule has 2 N–H and O–H groups in total. The summed E-state index contributed by atoms with van der Waals surface area (Å²) in [5.74, 6) is 0. The van der Waals surface area contributed by atoms with Crippen LogP contribution in [0.2, 0.25) is 0 Å². The quantitative estimate of drug-likeness (QED) is 0.850. The Morgan fingerprint density at radius 2 is 1.80 bits per heavy atom. The van der Waals surface area contributed by atoms with Crippen LogP contribution in [0.15, 0.2) is 32.7 Å². The molecule has 1 aromatic carbocycles. The van der Waals surface area contributed by atoms with Crippen LogP contribution in [-0.2, 0) is 6.42 Å². The standard InChI is InChI=1S/C15H18BrN3S/c1-9-10(2)18-15(19-11(9)3)20-14-5-4-13(16)8-12(14)6-7-17/h4-5,8H,6-7,17H2,1-3H3. The summed E-state index contributed by atoms with van der Waals surface area (Å²) in [6.07, 6.45) is 0.853. The molecule has 0 spiro atoms. The molecule has 106 valence electrons. The van der Waals surface area contributed by atoms with Gasteiger partial charge >= 0.3 is 0 Å². The molecular weight excluding hydrogens is 334 g/mol. The molecule has 0 atom stereocenters. The Bertz CT molecular complexity index is 606. The zero-order chi connectivity index (χ0) is 14.7. The molecule has 0 unspecified atom stereocenters. The van der Waals surface area contributed by atoms with E-state index < -0.39 is 0 Å². The minimum absolute atomic E-state index is 0.636. The van der Waals surface area contributed by atoms with E-state index in [0.717, 1.165) is 33.0 Å². The number of hydrogen-bond acceptors (Lipinski definition) is 4. The molecule has 0 amide bonds. The fourth-order valence-electron chi connectivity index (χ4n) is 1.88. The lowest BCUT2D eigenvalue weighted by molar-refractivity contribution is 0.878. The number of benzene rings is 1. The Hall–Kier alpha value is -0.910. The lowest BCUT2D eigenvalue weighted by Gasteiger charge is -2.10. The van der Waals surface area contributed by atoms with E-state index in [0.29, 0.717) is 6.54 Å². The van der Waals surface area contributed by atoms with Crippen molar-refractivity contribution in [2.45, 2.75) is 37.2 Å². The molecule has 0 radical (unpaired) electrons. The first-order valence-electron chi connectivity index (χ1n) is 6.49. The number of aryl methyl sites for hydroxylation is 2. The smallest absolute Gasteiger partial charge is 0.192 e. The van der Waals surface area contributed by atoms with E-state index in [-0.39, 0.29) is 0 Å². The molecule has 0 saturated heterocycles. The van der Waals surface area contributed by atoms with Gasteiger partial charge < -0.3 is 5.73 Å². The zero-order valence-corrected chi connectivity index (χ0v) is 14.3. The number of hydrogen-bond donors (Lipinski definition) is 1. The molecule has 0 aliphatic rings. The zero-order valence-electron chi connectivity index (χ0n) is 11.9. The Labute approximate surface area is 132 Å². The molecular formula is C15H18BrN3S. The SMILES string of the molecule is Cc1nc(Sc2ccc(Br)cc2CCN)nc(C)c1C. The van der Waals surface area contributed by atoms with Crippen LogP contribution in [0.5, 0.6) is 0 Å². The highest BCUT2D eigenvalue weighted by Gasteiger charge is 2.09. The highest BCUT2D eigenvalue weighted by atomic mass is 79.9. The van der Waals surface area contributed by atoms with Crippen molar-refractivity contribution < 1.29 is 0 Å². The highest BCUT2D eigenvalue weighted by Crippen LogP contribution is 2.31. The van der Waals surface area contributed by atoms with Crippen molar-refractivity contribution in [2.24, 2.45) is 5.73 Å². The first kappa shape index (κ1) is 15.5. The summed E-state index contributed by atoms with van der Waals surface area (Å²) in [6.45, 7) is 6.74. The molecule has 3 nitrogen and oxygen atoms in total. The topological polar surface area (TPSA) is 51.8 Å². The van der Waals surface area contributed by atoms with Gasteiger partial charge in [0.15, 0.2) is 5.16 Å². The monoisotopic (exact) mass is 351 g/mol. The molecule has 0 aliphatic carbocycles. The van der Waals surface area contributed by atoms with Gasteiger partial charge in [-0.05, 0) is 74.8 Å². The van der Waals surface area contributed by atoms with Gasteiger partial charge in [0, 0.05) is 20.8 Å². The molecule has 0 fully saturated rings. The van der Waals surface area contributed by atoms with Crippen LogP contribution in [0.4, 0.5) is 0 Å². The molecule has 5 heteroatoms. The number of aromatic nitrogens is 2. The number of rotatable bonds is 4. The fraction of sp³-hybridized carbons (Fsp3) is 0.333. The van der Waals surface area contributed by atoms with Crippen molar-refractivity contribution in [1.82, 2.24) is 9.97 Å². The Morgan fingerprint density at radius 1 is 1.15 bits per heavy atom. The predicted octanol–water partition coefficient (Wildman–Crippen LogP) is 3.82. The van der Waals surface area contributed by atoms with Crippen molar-refractivity contribution in [2.75, 3.05) is 6.54 Å². The van der Waals surface area contributed by atoms with Crippen molar-refractivity contribution in [3.8, 4) is 0 Å². The van der Waals surface area contributed by atoms with E-state index in [1.807, 2.05) is 19.9 Å². The third-order valence-electron chi connectivity index (χ3n) is 3.25. The van der Waals surface area contributed by atoms with E-state index >= 15 is 0 Å². The summed E-state index contributed by atoms with van der Waals surface area (Å²) >= 11 is 5.10. The van der Waals surface area contributed by atoms with Crippen molar-refractivity contribution in [3.63, 3.8) is 0 Å². The molecule has 1 heterocycles. The van der Waals surface area contributed by atoms with Crippen LogP contribution in [0.25, 0.3) is 0 Å². The minimum atomic E-state index is 0.636. The van der Waals surface area contributed by atoms with Crippen LogP contribution in [0.1, 0.15) is 22.5 Å². The normalized spacial score (nSPS) is 10.8. The first-order valence-corrected chi connectivity index (χ1v) is 8.10. The van der Waals surface area contributed by atoms with Gasteiger partial charge in [0.25, 0.3) is 0 Å². The molecule has 1 aromatic heterocycles. The van der Waals surface area contributed by atoms with Gasteiger partial charge in [-0.15, -0.1) is 0 Å². The maximum atomic E-state index is 5.69. The van der Waals surface area contributed by atoms with Gasteiger partial charge in [-0.2, -0.15) is 0 Å². The van der Waals surface area contributed by atoms with E-state index in [4.69, 9.17) is 5.73 Å². The van der Waals surface area contributed by atoms with Gasteiger partial charge in [0.2, 0.25) is 0 Å². The summed E-state index contributed by atoms with van der Waals surface area (Å²) in [5.41, 5.74) is 10.2. The van der Waals surface area contributed by atoms with Crippen LogP contribution in [0, 0.1) is 20.8 Å². The van der Waals surface area contributed by atoms with Crippen LogP contribution in [0.3, 0.4) is 0 Å². The molecule has 2 rings (SSSR count). The second kappa shape index (κ2) is 6.70. The van der Waals surface area contributed by atoms with Gasteiger partial charge in [-0.25, -0.2) is 9.97 Å². The summed E-state index contributed by atoms with van der Waals surface area (Å²) in [5, 5.41) is 0.797. The van der Waals surface area contributed by atoms with Crippen LogP contribution < -0.4 is 5.73 Å².